The number of ether oxygens (including phenoxy) is 2. The molecule has 0 bridgehead atoms. The molecule has 2 aliphatic heterocycles. The van der Waals surface area contributed by atoms with Gasteiger partial charge in [-0.15, -0.1) is 0 Å². The van der Waals surface area contributed by atoms with Gasteiger partial charge in [0, 0.05) is 19.1 Å². The van der Waals surface area contributed by atoms with Crippen LogP contribution in [0.15, 0.2) is 41.2 Å². The summed E-state index contributed by atoms with van der Waals surface area (Å²) in [5.74, 6) is 1.17. The summed E-state index contributed by atoms with van der Waals surface area (Å²) in [6, 6.07) is 8.65. The van der Waals surface area contributed by atoms with Gasteiger partial charge in [0.2, 0.25) is 12.7 Å². The molecule has 168 valence electrons. The SMILES string of the molecule is O=C(Cc1ccc2c(c1)OCO2)N1CCC(n2c(=O)[nH]c3cccc(C(F)(F)F)c32)CC1. The molecule has 2 aliphatic rings. The van der Waals surface area contributed by atoms with E-state index in [1.165, 1.54) is 16.7 Å². The lowest BCUT2D eigenvalue weighted by Crippen LogP contribution is -2.41. The minimum absolute atomic E-state index is 0.0791. The number of hydrogen-bond acceptors (Lipinski definition) is 4. The molecule has 3 aromatic rings. The molecule has 1 N–H and O–H groups in total. The minimum atomic E-state index is -4.57. The Hall–Kier alpha value is -3.43. The second kappa shape index (κ2) is 7.61. The highest BCUT2D eigenvalue weighted by molar-refractivity contribution is 5.80. The molecule has 0 atom stereocenters. The van der Waals surface area contributed by atoms with Crippen molar-refractivity contribution in [2.45, 2.75) is 31.5 Å². The van der Waals surface area contributed by atoms with Crippen LogP contribution >= 0.6 is 0 Å². The van der Waals surface area contributed by atoms with Crippen LogP contribution in [0.25, 0.3) is 11.0 Å². The maximum Gasteiger partial charge on any atom is 0.418 e. The quantitative estimate of drug-likeness (QED) is 0.667. The van der Waals surface area contributed by atoms with Gasteiger partial charge in [0.05, 0.1) is 23.0 Å². The summed E-state index contributed by atoms with van der Waals surface area (Å²) in [5.41, 5.74) is -0.582. The molecule has 32 heavy (non-hydrogen) atoms. The number of piperidine rings is 1. The van der Waals surface area contributed by atoms with Gasteiger partial charge in [-0.2, -0.15) is 13.2 Å². The Morgan fingerprint density at radius 3 is 2.59 bits per heavy atom. The number of imidazole rings is 1. The van der Waals surface area contributed by atoms with E-state index < -0.39 is 23.5 Å². The first kappa shape index (κ1) is 20.5. The molecule has 1 saturated heterocycles. The van der Waals surface area contributed by atoms with Crippen LogP contribution in [0.3, 0.4) is 0 Å². The Morgan fingerprint density at radius 1 is 1.09 bits per heavy atom. The van der Waals surface area contributed by atoms with Crippen molar-refractivity contribution >= 4 is 16.9 Å². The van der Waals surface area contributed by atoms with Crippen LogP contribution in [0.5, 0.6) is 11.5 Å². The largest absolute Gasteiger partial charge is 0.454 e. The number of fused-ring (bicyclic) bond motifs is 2. The van der Waals surface area contributed by atoms with Gasteiger partial charge in [-0.3, -0.25) is 9.36 Å². The molecule has 1 aromatic heterocycles. The number of benzene rings is 2. The standard InChI is InChI=1S/C22H20F3N3O4/c23-22(24,25)15-2-1-3-16-20(15)28(21(30)26-16)14-6-8-27(9-7-14)19(29)11-13-4-5-17-18(10-13)32-12-31-17/h1-5,10,14H,6-9,11-12H2,(H,26,30). The highest BCUT2D eigenvalue weighted by Gasteiger charge is 2.36. The Balaban J connectivity index is 1.32. The summed E-state index contributed by atoms with van der Waals surface area (Å²) in [5, 5.41) is 0. The third kappa shape index (κ3) is 3.59. The number of H-pyrrole nitrogens is 1. The topological polar surface area (TPSA) is 76.6 Å². The molecular formula is C22H20F3N3O4. The van der Waals surface area contributed by atoms with E-state index in [4.69, 9.17) is 9.47 Å². The van der Waals surface area contributed by atoms with Crippen LogP contribution in [0.1, 0.15) is 30.0 Å². The van der Waals surface area contributed by atoms with Gasteiger partial charge in [0.25, 0.3) is 0 Å². The molecule has 1 amide bonds. The van der Waals surface area contributed by atoms with Gasteiger partial charge in [0.15, 0.2) is 11.5 Å². The van der Waals surface area contributed by atoms with Crippen LogP contribution in [0.4, 0.5) is 13.2 Å². The number of carbonyl (C=O) groups excluding carboxylic acids is 1. The predicted molar refractivity (Wildman–Crippen MR) is 109 cm³/mol. The van der Waals surface area contributed by atoms with Crippen molar-refractivity contribution in [1.82, 2.24) is 14.5 Å². The number of para-hydroxylation sites is 1. The lowest BCUT2D eigenvalue weighted by molar-refractivity contribution is -0.136. The Bertz CT molecular complexity index is 1240. The number of rotatable bonds is 3. The molecule has 2 aromatic carbocycles. The lowest BCUT2D eigenvalue weighted by Gasteiger charge is -2.33. The molecule has 0 radical (unpaired) electrons. The number of aromatic nitrogens is 2. The Labute approximate surface area is 180 Å². The Morgan fingerprint density at radius 2 is 1.84 bits per heavy atom. The number of carbonyl (C=O) groups is 1. The summed E-state index contributed by atoms with van der Waals surface area (Å²) in [6.45, 7) is 0.881. The van der Waals surface area contributed by atoms with Crippen LogP contribution in [-0.4, -0.2) is 40.2 Å². The second-order valence-corrected chi connectivity index (χ2v) is 7.98. The predicted octanol–water partition coefficient (Wildman–Crippen LogP) is 3.48. The van der Waals surface area contributed by atoms with Crippen molar-refractivity contribution in [3.8, 4) is 11.5 Å². The van der Waals surface area contributed by atoms with Crippen molar-refractivity contribution in [2.75, 3.05) is 19.9 Å². The molecule has 0 spiro atoms. The van der Waals surface area contributed by atoms with E-state index in [2.05, 4.69) is 4.98 Å². The Kier molecular flexibility index (Phi) is 4.87. The molecule has 3 heterocycles. The summed E-state index contributed by atoms with van der Waals surface area (Å²) >= 11 is 0. The molecule has 0 unspecified atom stereocenters. The van der Waals surface area contributed by atoms with Crippen molar-refractivity contribution in [3.05, 3.63) is 58.0 Å². The zero-order valence-corrected chi connectivity index (χ0v) is 16.9. The molecular weight excluding hydrogens is 427 g/mol. The van der Waals surface area contributed by atoms with E-state index in [0.29, 0.717) is 37.4 Å². The van der Waals surface area contributed by atoms with Gasteiger partial charge in [-0.25, -0.2) is 4.79 Å². The van der Waals surface area contributed by atoms with Gasteiger partial charge in [0.1, 0.15) is 0 Å². The van der Waals surface area contributed by atoms with E-state index in [0.717, 1.165) is 11.6 Å². The smallest absolute Gasteiger partial charge is 0.418 e. The monoisotopic (exact) mass is 447 g/mol. The maximum atomic E-state index is 13.5. The number of amides is 1. The normalized spacial score (nSPS) is 16.7. The fourth-order valence-corrected chi connectivity index (χ4v) is 4.47. The fraction of sp³-hybridized carbons (Fsp3) is 0.364. The minimum Gasteiger partial charge on any atom is -0.454 e. The molecule has 10 heteroatoms. The summed E-state index contributed by atoms with van der Waals surface area (Å²) in [4.78, 5) is 29.5. The van der Waals surface area contributed by atoms with Gasteiger partial charge < -0.3 is 19.4 Å². The molecule has 0 saturated carbocycles. The highest BCUT2D eigenvalue weighted by atomic mass is 19.4. The van der Waals surface area contributed by atoms with Crippen LogP contribution in [-0.2, 0) is 17.4 Å². The third-order valence-electron chi connectivity index (χ3n) is 6.02. The molecule has 1 fully saturated rings. The van der Waals surface area contributed by atoms with Crippen LogP contribution in [0, 0.1) is 0 Å². The van der Waals surface area contributed by atoms with E-state index in [1.54, 1.807) is 17.0 Å². The maximum absolute atomic E-state index is 13.5. The fourth-order valence-electron chi connectivity index (χ4n) is 4.47. The summed E-state index contributed by atoms with van der Waals surface area (Å²) in [7, 11) is 0. The van der Waals surface area contributed by atoms with Crippen molar-refractivity contribution < 1.29 is 27.4 Å². The number of halogens is 3. The average Bonchev–Trinajstić information content (AvgIpc) is 3.35. The molecule has 7 nitrogen and oxygen atoms in total. The molecule has 0 aliphatic carbocycles. The first-order chi connectivity index (χ1) is 15.3. The second-order valence-electron chi connectivity index (χ2n) is 7.98. The van der Waals surface area contributed by atoms with Crippen LogP contribution < -0.4 is 15.2 Å². The van der Waals surface area contributed by atoms with Gasteiger partial charge in [-0.05, 0) is 42.7 Å². The first-order valence-electron chi connectivity index (χ1n) is 10.3. The van der Waals surface area contributed by atoms with Crippen molar-refractivity contribution in [1.29, 1.82) is 0 Å². The van der Waals surface area contributed by atoms with Gasteiger partial charge in [-0.1, -0.05) is 12.1 Å². The lowest BCUT2D eigenvalue weighted by atomic mass is 10.0. The van der Waals surface area contributed by atoms with Gasteiger partial charge >= 0.3 is 11.9 Å². The zero-order valence-electron chi connectivity index (χ0n) is 16.9. The number of alkyl halides is 3. The van der Waals surface area contributed by atoms with Crippen molar-refractivity contribution in [3.63, 3.8) is 0 Å². The number of nitrogens with one attached hydrogen (secondary N) is 1. The number of nitrogens with zero attached hydrogens (tertiary/aromatic N) is 2. The van der Waals surface area contributed by atoms with E-state index in [1.807, 2.05) is 6.07 Å². The highest BCUT2D eigenvalue weighted by Crippen LogP contribution is 2.36. The summed E-state index contributed by atoms with van der Waals surface area (Å²) in [6.07, 6.45) is -3.60. The third-order valence-corrected chi connectivity index (χ3v) is 6.02. The zero-order chi connectivity index (χ0) is 22.5. The number of aromatic amines is 1. The van der Waals surface area contributed by atoms with Crippen LogP contribution in [0.2, 0.25) is 0 Å². The number of likely N-dealkylation sites (tertiary alicyclic amines) is 1. The van der Waals surface area contributed by atoms with Crippen molar-refractivity contribution in [2.24, 2.45) is 0 Å². The summed E-state index contributed by atoms with van der Waals surface area (Å²) < 4.78 is 52.4. The van der Waals surface area contributed by atoms with E-state index >= 15 is 0 Å². The molecule has 5 rings (SSSR count). The van der Waals surface area contributed by atoms with E-state index in [-0.39, 0.29) is 30.2 Å². The van der Waals surface area contributed by atoms with E-state index in [9.17, 15) is 22.8 Å². The number of hydrogen-bond donors (Lipinski definition) is 1. The first-order valence-corrected chi connectivity index (χ1v) is 10.3. The average molecular weight is 447 g/mol.